The largest absolute Gasteiger partial charge is 0.368 e. The van der Waals surface area contributed by atoms with Crippen LogP contribution in [0.2, 0.25) is 0 Å². The zero-order valence-electron chi connectivity index (χ0n) is 17.3. The topological polar surface area (TPSA) is 58.9 Å². The van der Waals surface area contributed by atoms with Crippen molar-refractivity contribution in [2.24, 2.45) is 0 Å². The summed E-state index contributed by atoms with van der Waals surface area (Å²) in [5.74, 6) is 1.27. The maximum atomic E-state index is 12.9. The third-order valence-corrected chi connectivity index (χ3v) is 7.14. The Bertz CT molecular complexity index is 1040. The number of carbonyl (C=O) groups is 1. The first kappa shape index (κ1) is 19.6. The lowest BCUT2D eigenvalue weighted by molar-refractivity contribution is -0.142. The summed E-state index contributed by atoms with van der Waals surface area (Å²) in [7, 11) is 0. The van der Waals surface area contributed by atoms with Crippen molar-refractivity contribution in [1.29, 1.82) is 0 Å². The molecule has 1 amide bonds. The van der Waals surface area contributed by atoms with Gasteiger partial charge >= 0.3 is 0 Å². The van der Waals surface area contributed by atoms with E-state index in [9.17, 15) is 4.79 Å². The number of amides is 1. The number of fused-ring (bicyclic) bond motifs is 1. The van der Waals surface area contributed by atoms with E-state index < -0.39 is 0 Å². The van der Waals surface area contributed by atoms with E-state index in [1.165, 1.54) is 10.4 Å². The van der Waals surface area contributed by atoms with Crippen LogP contribution in [0.15, 0.2) is 35.8 Å². The average molecular weight is 425 g/mol. The molecule has 2 aliphatic rings. The monoisotopic (exact) mass is 424 g/mol. The van der Waals surface area contributed by atoms with Crippen LogP contribution in [0, 0.1) is 0 Å². The number of thiazole rings is 1. The van der Waals surface area contributed by atoms with Gasteiger partial charge in [-0.2, -0.15) is 0 Å². The Hall–Kier alpha value is -2.38. The molecule has 4 heterocycles. The standard InChI is InChI=1S/C23H28N4O2S/c1-2-16-7-3-4-9-18(16)24-23-25-20(22-27(23)12-14-30-22)17-8-5-11-26(15-17)21(28)19-10-6-13-29-19/h3-4,7,9,12,14,17,19H,2,5-6,8,10-11,13,15H2,1H3,(H,24,25). The fraction of sp³-hybridized carbons (Fsp3) is 0.478. The number of ether oxygens (including phenoxy) is 1. The van der Waals surface area contributed by atoms with E-state index in [1.54, 1.807) is 11.3 Å². The highest BCUT2D eigenvalue weighted by molar-refractivity contribution is 7.15. The molecule has 0 spiro atoms. The third-order valence-electron chi connectivity index (χ3n) is 6.25. The number of imidazole rings is 1. The summed E-state index contributed by atoms with van der Waals surface area (Å²) in [6.07, 6.45) is 6.71. The number of likely N-dealkylation sites (tertiary alicyclic amines) is 1. The summed E-state index contributed by atoms with van der Waals surface area (Å²) in [5, 5.41) is 5.66. The first-order valence-electron chi connectivity index (χ1n) is 11.0. The number of hydrogen-bond donors (Lipinski definition) is 1. The number of hydrogen-bond acceptors (Lipinski definition) is 5. The molecule has 0 saturated carbocycles. The molecule has 1 aromatic carbocycles. The van der Waals surface area contributed by atoms with Crippen LogP contribution in [0.1, 0.15) is 49.8 Å². The molecular weight excluding hydrogens is 396 g/mol. The second kappa shape index (κ2) is 8.40. The lowest BCUT2D eigenvalue weighted by atomic mass is 9.94. The van der Waals surface area contributed by atoms with Crippen molar-refractivity contribution in [2.75, 3.05) is 25.0 Å². The molecule has 2 aliphatic heterocycles. The minimum absolute atomic E-state index is 0.161. The number of nitrogens with zero attached hydrogens (tertiary/aromatic N) is 3. The van der Waals surface area contributed by atoms with E-state index in [-0.39, 0.29) is 17.9 Å². The van der Waals surface area contributed by atoms with Gasteiger partial charge in [-0.05, 0) is 43.7 Å². The van der Waals surface area contributed by atoms with Crippen molar-refractivity contribution >= 4 is 33.7 Å². The molecule has 2 fully saturated rings. The molecule has 6 nitrogen and oxygen atoms in total. The summed E-state index contributed by atoms with van der Waals surface area (Å²) in [5.41, 5.74) is 3.48. The Morgan fingerprint density at radius 3 is 3.03 bits per heavy atom. The van der Waals surface area contributed by atoms with E-state index in [2.05, 4.69) is 52.5 Å². The lowest BCUT2D eigenvalue weighted by Gasteiger charge is -2.33. The molecule has 158 valence electrons. The number of piperidine rings is 1. The first-order chi connectivity index (χ1) is 14.7. The minimum atomic E-state index is -0.240. The van der Waals surface area contributed by atoms with E-state index in [1.807, 2.05) is 4.90 Å². The number of nitrogens with one attached hydrogen (secondary N) is 1. The fourth-order valence-electron chi connectivity index (χ4n) is 4.65. The SMILES string of the molecule is CCc1ccccc1Nc1nc(C2CCCN(C(=O)C3CCCO3)C2)c2sccn12. The Morgan fingerprint density at radius 2 is 2.20 bits per heavy atom. The minimum Gasteiger partial charge on any atom is -0.368 e. The summed E-state index contributed by atoms with van der Waals surface area (Å²) in [4.78, 5) is 21.1. The summed E-state index contributed by atoms with van der Waals surface area (Å²) in [6.45, 7) is 4.43. The van der Waals surface area contributed by atoms with Crippen molar-refractivity contribution in [2.45, 2.75) is 51.0 Å². The number of benzene rings is 1. The van der Waals surface area contributed by atoms with Gasteiger partial charge in [0.05, 0.1) is 5.69 Å². The predicted octanol–water partition coefficient (Wildman–Crippen LogP) is 4.59. The second-order valence-corrected chi connectivity index (χ2v) is 9.05. The molecular formula is C23H28N4O2S. The van der Waals surface area contributed by atoms with Crippen LogP contribution in [0.5, 0.6) is 0 Å². The van der Waals surface area contributed by atoms with Gasteiger partial charge < -0.3 is 15.0 Å². The molecule has 2 atom stereocenters. The average Bonchev–Trinajstić information content (AvgIpc) is 3.53. The molecule has 2 unspecified atom stereocenters. The Morgan fingerprint density at radius 1 is 1.30 bits per heavy atom. The molecule has 30 heavy (non-hydrogen) atoms. The summed E-state index contributed by atoms with van der Waals surface area (Å²) >= 11 is 1.72. The quantitative estimate of drug-likeness (QED) is 0.651. The van der Waals surface area contributed by atoms with Crippen LogP contribution in [0.4, 0.5) is 11.6 Å². The van der Waals surface area contributed by atoms with E-state index in [4.69, 9.17) is 9.72 Å². The van der Waals surface area contributed by atoms with Crippen LogP contribution in [-0.4, -0.2) is 46.0 Å². The first-order valence-corrected chi connectivity index (χ1v) is 11.8. The van der Waals surface area contributed by atoms with Crippen molar-refractivity contribution in [3.63, 3.8) is 0 Å². The van der Waals surface area contributed by atoms with Crippen LogP contribution < -0.4 is 5.32 Å². The zero-order chi connectivity index (χ0) is 20.5. The van der Waals surface area contributed by atoms with Crippen LogP contribution in [-0.2, 0) is 16.0 Å². The highest BCUT2D eigenvalue weighted by atomic mass is 32.1. The van der Waals surface area contributed by atoms with Crippen LogP contribution in [0.25, 0.3) is 4.83 Å². The highest BCUT2D eigenvalue weighted by Crippen LogP contribution is 2.35. The second-order valence-electron chi connectivity index (χ2n) is 8.16. The molecule has 0 bridgehead atoms. The van der Waals surface area contributed by atoms with Gasteiger partial charge in [-0.25, -0.2) is 4.98 Å². The van der Waals surface area contributed by atoms with E-state index in [0.29, 0.717) is 6.61 Å². The van der Waals surface area contributed by atoms with Crippen LogP contribution in [0.3, 0.4) is 0 Å². The number of para-hydroxylation sites is 1. The molecule has 5 rings (SSSR count). The maximum absolute atomic E-state index is 12.9. The van der Waals surface area contributed by atoms with Gasteiger partial charge in [0.15, 0.2) is 0 Å². The van der Waals surface area contributed by atoms with Gasteiger partial charge in [0.2, 0.25) is 5.95 Å². The molecule has 3 aromatic rings. The van der Waals surface area contributed by atoms with Crippen molar-refractivity contribution < 1.29 is 9.53 Å². The maximum Gasteiger partial charge on any atom is 0.251 e. The van der Waals surface area contributed by atoms with Gasteiger partial charge in [0.1, 0.15) is 10.9 Å². The number of carbonyl (C=O) groups excluding carboxylic acids is 1. The molecule has 2 saturated heterocycles. The molecule has 7 heteroatoms. The summed E-state index contributed by atoms with van der Waals surface area (Å²) in [6, 6.07) is 8.38. The van der Waals surface area contributed by atoms with E-state index >= 15 is 0 Å². The van der Waals surface area contributed by atoms with Gasteiger partial charge in [-0.3, -0.25) is 9.20 Å². The third kappa shape index (κ3) is 3.61. The van der Waals surface area contributed by atoms with Gasteiger partial charge in [0, 0.05) is 42.9 Å². The number of rotatable bonds is 5. The van der Waals surface area contributed by atoms with Crippen molar-refractivity contribution in [3.05, 3.63) is 47.1 Å². The Balaban J connectivity index is 1.41. The number of aromatic nitrogens is 2. The highest BCUT2D eigenvalue weighted by Gasteiger charge is 2.33. The Kier molecular flexibility index (Phi) is 5.48. The van der Waals surface area contributed by atoms with Gasteiger partial charge in [0.25, 0.3) is 5.91 Å². The molecule has 2 aromatic heterocycles. The van der Waals surface area contributed by atoms with Crippen molar-refractivity contribution in [1.82, 2.24) is 14.3 Å². The fourth-order valence-corrected chi connectivity index (χ4v) is 5.55. The smallest absolute Gasteiger partial charge is 0.251 e. The molecule has 0 aliphatic carbocycles. The normalized spacial score (nSPS) is 22.0. The van der Waals surface area contributed by atoms with Crippen LogP contribution >= 0.6 is 11.3 Å². The zero-order valence-corrected chi connectivity index (χ0v) is 18.2. The predicted molar refractivity (Wildman–Crippen MR) is 120 cm³/mol. The van der Waals surface area contributed by atoms with E-state index in [0.717, 1.165) is 62.5 Å². The molecule has 1 N–H and O–H groups in total. The van der Waals surface area contributed by atoms with Crippen molar-refractivity contribution in [3.8, 4) is 0 Å². The number of anilines is 2. The number of aryl methyl sites for hydroxylation is 1. The Labute approximate surface area is 180 Å². The van der Waals surface area contributed by atoms with Gasteiger partial charge in [-0.1, -0.05) is 25.1 Å². The van der Waals surface area contributed by atoms with Gasteiger partial charge in [-0.15, -0.1) is 11.3 Å². The lowest BCUT2D eigenvalue weighted by Crippen LogP contribution is -2.44. The summed E-state index contributed by atoms with van der Waals surface area (Å²) < 4.78 is 7.79. The molecule has 0 radical (unpaired) electrons.